The van der Waals surface area contributed by atoms with Gasteiger partial charge in [0.1, 0.15) is 29.4 Å². The fourth-order valence-electron chi connectivity index (χ4n) is 7.51. The summed E-state index contributed by atoms with van der Waals surface area (Å²) >= 11 is 0. The number of aromatic nitrogens is 4. The van der Waals surface area contributed by atoms with Gasteiger partial charge >= 0.3 is 18.4 Å². The van der Waals surface area contributed by atoms with E-state index in [2.05, 4.69) is 47.1 Å². The smallest absolute Gasteiger partial charge is 0.436 e. The first-order valence-corrected chi connectivity index (χ1v) is 19.3. The number of methoxy groups -OCH3 is 4. The highest BCUT2D eigenvalue weighted by molar-refractivity contribution is 5.89. The van der Waals surface area contributed by atoms with Crippen molar-refractivity contribution in [1.29, 1.82) is 0 Å². The van der Waals surface area contributed by atoms with E-state index in [0.717, 1.165) is 29.9 Å². The molecule has 0 bridgehead atoms. The molecule has 2 aromatic carbocycles. The number of alkyl halides is 3. The third kappa shape index (κ3) is 9.34. The van der Waals surface area contributed by atoms with E-state index in [1.165, 1.54) is 26.2 Å². The van der Waals surface area contributed by atoms with Gasteiger partial charge in [0.25, 0.3) is 0 Å². The zero-order valence-corrected chi connectivity index (χ0v) is 33.9. The molecule has 2 aromatic heterocycles. The lowest BCUT2D eigenvalue weighted by molar-refractivity contribution is -0.141. The summed E-state index contributed by atoms with van der Waals surface area (Å²) < 4.78 is 62.9. The Balaban J connectivity index is 1.20. The maximum Gasteiger partial charge on any atom is 0.436 e. The summed E-state index contributed by atoms with van der Waals surface area (Å²) in [5.74, 6) is 5.11. The normalized spacial score (nSPS) is 18.6. The van der Waals surface area contributed by atoms with Gasteiger partial charge in [0.2, 0.25) is 11.8 Å². The van der Waals surface area contributed by atoms with E-state index < -0.39 is 66.0 Å². The van der Waals surface area contributed by atoms with Crippen LogP contribution in [0, 0.1) is 11.8 Å². The molecule has 4 heterocycles. The number of hydrogen-bond acceptors (Lipinski definition) is 10. The van der Waals surface area contributed by atoms with Gasteiger partial charge in [0.15, 0.2) is 5.69 Å². The van der Waals surface area contributed by atoms with E-state index in [0.29, 0.717) is 42.9 Å². The van der Waals surface area contributed by atoms with Crippen molar-refractivity contribution in [3.05, 3.63) is 71.2 Å². The summed E-state index contributed by atoms with van der Waals surface area (Å²) in [5.41, 5.74) is 0.348. The molecule has 4 aromatic rings. The second-order valence-corrected chi connectivity index (χ2v) is 14.5. The number of nitrogens with zero attached hydrogens (tertiary/aromatic N) is 4. The van der Waals surface area contributed by atoms with Crippen molar-refractivity contribution < 1.29 is 51.3 Å². The number of alkyl carbamates (subject to hydrolysis) is 2. The molecular weight excluding hydrogens is 789 g/mol. The Hall–Kier alpha value is -6.13. The molecule has 19 heteroatoms. The monoisotopic (exact) mass is 836 g/mol. The minimum atomic E-state index is -4.84. The minimum absolute atomic E-state index is 0.0694. The fourth-order valence-corrected chi connectivity index (χ4v) is 7.51. The molecule has 2 aliphatic heterocycles. The number of carbonyl (C=O) groups excluding carboxylic acids is 4. The molecule has 6 unspecified atom stereocenters. The molecule has 320 valence electrons. The van der Waals surface area contributed by atoms with Crippen molar-refractivity contribution >= 4 is 34.8 Å². The molecule has 16 nitrogen and oxygen atoms in total. The number of ether oxygens (including phenoxy) is 4. The summed E-state index contributed by atoms with van der Waals surface area (Å²) in [6.45, 7) is 3.98. The van der Waals surface area contributed by atoms with E-state index in [1.54, 1.807) is 37.1 Å². The van der Waals surface area contributed by atoms with Crippen molar-refractivity contribution in [3.63, 3.8) is 0 Å². The predicted molar refractivity (Wildman–Crippen MR) is 210 cm³/mol. The van der Waals surface area contributed by atoms with Crippen LogP contribution >= 0.6 is 0 Å². The number of aromatic amines is 2. The van der Waals surface area contributed by atoms with E-state index in [-0.39, 0.29) is 24.3 Å². The fraction of sp³-hybridized carbons (Fsp3) is 0.463. The highest BCUT2D eigenvalue weighted by Crippen LogP contribution is 2.37. The summed E-state index contributed by atoms with van der Waals surface area (Å²) in [7, 11) is 5.20. The van der Waals surface area contributed by atoms with Crippen molar-refractivity contribution in [2.45, 2.75) is 82.1 Å². The molecular formula is C41H47F3N8O8. The average Bonchev–Trinajstić information content (AvgIpc) is 4.09. The first-order valence-electron chi connectivity index (χ1n) is 19.3. The molecule has 2 aliphatic rings. The second-order valence-electron chi connectivity index (χ2n) is 14.5. The number of H-pyrrole nitrogens is 2. The number of carbonyl (C=O) groups is 4. The van der Waals surface area contributed by atoms with E-state index in [9.17, 15) is 32.3 Å². The number of halogens is 3. The lowest BCUT2D eigenvalue weighted by Crippen LogP contribution is -2.54. The van der Waals surface area contributed by atoms with Crippen LogP contribution in [0.4, 0.5) is 22.8 Å². The topological polar surface area (TPSA) is 193 Å². The largest absolute Gasteiger partial charge is 0.453 e. The molecule has 0 aliphatic carbocycles. The van der Waals surface area contributed by atoms with Crippen molar-refractivity contribution in [3.8, 4) is 23.1 Å². The van der Waals surface area contributed by atoms with Crippen LogP contribution in [-0.2, 0) is 34.7 Å². The molecule has 0 saturated carbocycles. The molecule has 0 radical (unpaired) electrons. The molecule has 6 atom stereocenters. The Labute approximate surface area is 343 Å². The van der Waals surface area contributed by atoms with E-state index in [1.807, 2.05) is 24.3 Å². The SMILES string of the molecule is COC(=O)NC(C(=O)N1CCCC1c1ncc(-c2ccc3cc(C#Cc4[nH]c(C5CCCN5C(=O)C(NC(=O)OC)C(C)OC)nc4C(F)(F)F)ccc3c2)[nH]1)C(C)OC. The van der Waals surface area contributed by atoms with Gasteiger partial charge in [-0.25, -0.2) is 19.6 Å². The molecule has 2 fully saturated rings. The van der Waals surface area contributed by atoms with Crippen molar-refractivity contribution in [2.24, 2.45) is 0 Å². The summed E-state index contributed by atoms with van der Waals surface area (Å²) in [6, 6.07) is 7.67. The lowest BCUT2D eigenvalue weighted by Gasteiger charge is -2.30. The number of nitrogens with one attached hydrogen (secondary N) is 4. The van der Waals surface area contributed by atoms with Crippen LogP contribution in [0.1, 0.15) is 80.2 Å². The third-order valence-corrected chi connectivity index (χ3v) is 10.9. The summed E-state index contributed by atoms with van der Waals surface area (Å²) in [5, 5.41) is 6.66. The van der Waals surface area contributed by atoms with Gasteiger partial charge in [-0.1, -0.05) is 24.1 Å². The number of fused-ring (bicyclic) bond motifs is 1. The first-order chi connectivity index (χ1) is 28.7. The maximum absolute atomic E-state index is 14.3. The molecule has 4 amide bonds. The lowest BCUT2D eigenvalue weighted by atomic mass is 10.0. The number of imidazole rings is 2. The Kier molecular flexibility index (Phi) is 13.3. The van der Waals surface area contributed by atoms with Crippen LogP contribution in [-0.4, -0.2) is 120 Å². The first kappa shape index (κ1) is 43.4. The summed E-state index contributed by atoms with van der Waals surface area (Å²) in [6.07, 6.45) is -3.87. The average molecular weight is 837 g/mol. The number of benzene rings is 2. The standard InChI is InChI=1S/C41H47F3N8O8/c1-22(57-3)32(48-39(55)59-5)37(53)51-17-7-9-30(51)35-45-21-29(47-35)27-15-14-25-19-24(11-13-26(25)20-27)12-16-28-34(41(42,43)44)50-36(46-28)31-10-8-18-52(31)38(54)33(23(2)58-4)49-40(56)60-6/h11,13-15,19-23,30-33H,7-10,17-18H2,1-6H3,(H,45,47)(H,46,50)(H,48,55)(H,49,56). The Morgan fingerprint density at radius 1 is 0.783 bits per heavy atom. The Bertz CT molecular complexity index is 2280. The number of amides is 4. The van der Waals surface area contributed by atoms with Crippen LogP contribution in [0.3, 0.4) is 0 Å². The van der Waals surface area contributed by atoms with Gasteiger partial charge in [-0.3, -0.25) is 9.59 Å². The van der Waals surface area contributed by atoms with Crippen LogP contribution in [0.2, 0.25) is 0 Å². The van der Waals surface area contributed by atoms with Gasteiger partial charge in [0.05, 0.1) is 50.4 Å². The van der Waals surface area contributed by atoms with Crippen LogP contribution in [0.25, 0.3) is 22.0 Å². The zero-order chi connectivity index (χ0) is 43.3. The minimum Gasteiger partial charge on any atom is -0.453 e. The number of hydrogen-bond donors (Lipinski definition) is 4. The molecule has 0 spiro atoms. The molecule has 4 N–H and O–H groups in total. The quantitative estimate of drug-likeness (QED) is 0.146. The van der Waals surface area contributed by atoms with E-state index in [4.69, 9.17) is 14.2 Å². The van der Waals surface area contributed by atoms with Gasteiger partial charge in [-0.05, 0) is 74.4 Å². The highest BCUT2D eigenvalue weighted by Gasteiger charge is 2.43. The van der Waals surface area contributed by atoms with Crippen LogP contribution in [0.15, 0.2) is 42.6 Å². The maximum atomic E-state index is 14.3. The number of likely N-dealkylation sites (tertiary alicyclic amines) is 2. The van der Waals surface area contributed by atoms with Crippen molar-refractivity contribution in [2.75, 3.05) is 41.5 Å². The van der Waals surface area contributed by atoms with Crippen LogP contribution < -0.4 is 10.6 Å². The van der Waals surface area contributed by atoms with Crippen LogP contribution in [0.5, 0.6) is 0 Å². The molecule has 60 heavy (non-hydrogen) atoms. The summed E-state index contributed by atoms with van der Waals surface area (Å²) in [4.78, 5) is 68.9. The second kappa shape index (κ2) is 18.4. The zero-order valence-electron chi connectivity index (χ0n) is 33.9. The Morgan fingerprint density at radius 2 is 1.33 bits per heavy atom. The van der Waals surface area contributed by atoms with Gasteiger partial charge in [-0.15, -0.1) is 0 Å². The molecule has 2 saturated heterocycles. The highest BCUT2D eigenvalue weighted by atomic mass is 19.4. The third-order valence-electron chi connectivity index (χ3n) is 10.9. The van der Waals surface area contributed by atoms with Gasteiger partial charge < -0.3 is 49.3 Å². The van der Waals surface area contributed by atoms with Crippen molar-refractivity contribution in [1.82, 2.24) is 40.4 Å². The van der Waals surface area contributed by atoms with Gasteiger partial charge in [0, 0.05) is 38.4 Å². The molecule has 6 rings (SSSR count). The van der Waals surface area contributed by atoms with Gasteiger partial charge in [-0.2, -0.15) is 13.2 Å². The Morgan fingerprint density at radius 3 is 1.88 bits per heavy atom. The predicted octanol–water partition coefficient (Wildman–Crippen LogP) is 5.22. The van der Waals surface area contributed by atoms with E-state index >= 15 is 0 Å². The number of rotatable bonds is 11.